The summed E-state index contributed by atoms with van der Waals surface area (Å²) in [7, 11) is 0. The number of anilines is 1. The lowest BCUT2D eigenvalue weighted by atomic mass is 10.3. The zero-order valence-corrected chi connectivity index (χ0v) is 10.7. The topological polar surface area (TPSA) is 67.1 Å². The molecular formula is C10H11Cl2F2N3O. The molecule has 1 aromatic rings. The number of rotatable bonds is 4. The van der Waals surface area contributed by atoms with Crippen LogP contribution >= 0.6 is 23.2 Å². The molecule has 8 heteroatoms. The van der Waals surface area contributed by atoms with Gasteiger partial charge in [0.2, 0.25) is 0 Å². The molecule has 18 heavy (non-hydrogen) atoms. The average molecular weight is 298 g/mol. The highest BCUT2D eigenvalue weighted by atomic mass is 35.5. The van der Waals surface area contributed by atoms with E-state index < -0.39 is 25.0 Å². The predicted molar refractivity (Wildman–Crippen MR) is 67.5 cm³/mol. The van der Waals surface area contributed by atoms with Crippen molar-refractivity contribution in [2.24, 2.45) is 5.73 Å². The normalized spacial score (nSPS) is 11.2. The zero-order valence-electron chi connectivity index (χ0n) is 9.14. The van der Waals surface area contributed by atoms with Gasteiger partial charge in [0.25, 0.3) is 5.92 Å². The summed E-state index contributed by atoms with van der Waals surface area (Å²) in [5.74, 6) is -3.13. The fraction of sp³-hybridized carbons (Fsp3) is 0.300. The van der Waals surface area contributed by atoms with E-state index in [-0.39, 0.29) is 5.02 Å². The molecule has 0 fully saturated rings. The Morgan fingerprint density at radius 2 is 2.00 bits per heavy atom. The molecule has 0 bridgehead atoms. The summed E-state index contributed by atoms with van der Waals surface area (Å²) in [5, 5.41) is 4.92. The Morgan fingerprint density at radius 1 is 1.33 bits per heavy atom. The van der Waals surface area contributed by atoms with E-state index in [2.05, 4.69) is 5.32 Å². The van der Waals surface area contributed by atoms with Gasteiger partial charge in [-0.1, -0.05) is 23.2 Å². The van der Waals surface area contributed by atoms with E-state index in [9.17, 15) is 13.6 Å². The molecule has 1 rings (SSSR count). The van der Waals surface area contributed by atoms with Crippen LogP contribution in [0.25, 0.3) is 0 Å². The molecule has 1 aromatic carbocycles. The minimum absolute atomic E-state index is 0.252. The lowest BCUT2D eigenvalue weighted by Gasteiger charge is -2.15. The number of carbonyl (C=O) groups excluding carboxylic acids is 1. The average Bonchev–Trinajstić information content (AvgIpc) is 2.32. The lowest BCUT2D eigenvalue weighted by molar-refractivity contribution is 0.0148. The summed E-state index contributed by atoms with van der Waals surface area (Å²) in [6, 6.07) is 3.61. The Morgan fingerprint density at radius 3 is 2.56 bits per heavy atom. The van der Waals surface area contributed by atoms with Crippen LogP contribution in [0, 0.1) is 0 Å². The van der Waals surface area contributed by atoms with Crippen molar-refractivity contribution in [2.45, 2.75) is 5.92 Å². The maximum absolute atomic E-state index is 12.8. The van der Waals surface area contributed by atoms with Gasteiger partial charge in [0, 0.05) is 5.69 Å². The van der Waals surface area contributed by atoms with Crippen LogP contribution < -0.4 is 16.4 Å². The Labute approximate surface area is 112 Å². The SMILES string of the molecule is NCC(F)(F)CNC(=O)Nc1ccc(Cl)c(Cl)c1. The molecule has 0 spiro atoms. The van der Waals surface area contributed by atoms with Crippen LogP contribution in [0.2, 0.25) is 10.0 Å². The summed E-state index contributed by atoms with van der Waals surface area (Å²) < 4.78 is 25.5. The standard InChI is InChI=1S/C10H11Cl2F2N3O/c11-7-2-1-6(3-8(7)12)17-9(18)16-5-10(13,14)4-15/h1-3H,4-5,15H2,(H2,16,17,18). The van der Waals surface area contributed by atoms with Crippen molar-refractivity contribution in [2.75, 3.05) is 18.4 Å². The maximum Gasteiger partial charge on any atom is 0.319 e. The molecule has 0 saturated heterocycles. The first-order valence-electron chi connectivity index (χ1n) is 4.92. The van der Waals surface area contributed by atoms with Crippen molar-refractivity contribution in [1.29, 1.82) is 0 Å². The van der Waals surface area contributed by atoms with Crippen LogP contribution in [0.4, 0.5) is 19.3 Å². The molecule has 2 amide bonds. The number of carbonyl (C=O) groups is 1. The number of urea groups is 1. The summed E-state index contributed by atoms with van der Waals surface area (Å²) in [4.78, 5) is 11.3. The van der Waals surface area contributed by atoms with Gasteiger partial charge in [-0.25, -0.2) is 13.6 Å². The quantitative estimate of drug-likeness (QED) is 0.800. The minimum Gasteiger partial charge on any atom is -0.332 e. The number of halogens is 4. The molecule has 0 unspecified atom stereocenters. The Kier molecular flexibility index (Phi) is 5.13. The molecule has 0 aliphatic heterocycles. The van der Waals surface area contributed by atoms with Crippen LogP contribution in [0.5, 0.6) is 0 Å². The third kappa shape index (κ3) is 4.64. The zero-order chi connectivity index (χ0) is 13.8. The molecule has 0 aliphatic rings. The summed E-state index contributed by atoms with van der Waals surface area (Å²) in [6.07, 6.45) is 0. The molecule has 4 nitrogen and oxygen atoms in total. The molecule has 0 radical (unpaired) electrons. The molecule has 0 aliphatic carbocycles. The van der Waals surface area contributed by atoms with Gasteiger partial charge >= 0.3 is 6.03 Å². The molecule has 0 heterocycles. The third-order valence-electron chi connectivity index (χ3n) is 1.98. The fourth-order valence-corrected chi connectivity index (χ4v) is 1.33. The summed E-state index contributed by atoms with van der Waals surface area (Å²) in [5.41, 5.74) is 5.17. The smallest absolute Gasteiger partial charge is 0.319 e. The highest BCUT2D eigenvalue weighted by Gasteiger charge is 2.27. The van der Waals surface area contributed by atoms with Gasteiger partial charge in [-0.05, 0) is 18.2 Å². The van der Waals surface area contributed by atoms with Crippen LogP contribution in [-0.2, 0) is 0 Å². The van der Waals surface area contributed by atoms with Gasteiger partial charge in [-0.2, -0.15) is 0 Å². The third-order valence-corrected chi connectivity index (χ3v) is 2.72. The van der Waals surface area contributed by atoms with Gasteiger partial charge in [0.05, 0.1) is 23.1 Å². The second-order valence-corrected chi connectivity index (χ2v) is 4.31. The van der Waals surface area contributed by atoms with Crippen LogP contribution in [0.15, 0.2) is 18.2 Å². The lowest BCUT2D eigenvalue weighted by Crippen LogP contribution is -2.43. The molecular weight excluding hydrogens is 287 g/mol. The predicted octanol–water partition coefficient (Wildman–Crippen LogP) is 2.71. The van der Waals surface area contributed by atoms with Crippen LogP contribution in [-0.4, -0.2) is 25.0 Å². The molecule has 0 saturated carbocycles. The van der Waals surface area contributed by atoms with Crippen molar-refractivity contribution >= 4 is 34.9 Å². The number of benzene rings is 1. The number of hydrogen-bond donors (Lipinski definition) is 3. The maximum atomic E-state index is 12.8. The number of amides is 2. The van der Waals surface area contributed by atoms with Crippen LogP contribution in [0.3, 0.4) is 0 Å². The molecule has 0 atom stereocenters. The van der Waals surface area contributed by atoms with Crippen molar-refractivity contribution in [1.82, 2.24) is 5.32 Å². The van der Waals surface area contributed by atoms with Crippen LogP contribution in [0.1, 0.15) is 0 Å². The number of nitrogens with one attached hydrogen (secondary N) is 2. The highest BCUT2D eigenvalue weighted by Crippen LogP contribution is 2.24. The number of nitrogens with two attached hydrogens (primary N) is 1. The van der Waals surface area contributed by atoms with E-state index in [4.69, 9.17) is 28.9 Å². The van der Waals surface area contributed by atoms with Crippen molar-refractivity contribution in [3.05, 3.63) is 28.2 Å². The fourth-order valence-electron chi connectivity index (χ4n) is 1.03. The van der Waals surface area contributed by atoms with Gasteiger partial charge in [0.1, 0.15) is 0 Å². The largest absolute Gasteiger partial charge is 0.332 e. The summed E-state index contributed by atoms with van der Waals surface area (Å²) in [6.45, 7) is -1.67. The van der Waals surface area contributed by atoms with E-state index in [0.29, 0.717) is 10.7 Å². The first-order chi connectivity index (χ1) is 8.34. The second kappa shape index (κ2) is 6.17. The van der Waals surface area contributed by atoms with Gasteiger partial charge < -0.3 is 16.4 Å². The monoisotopic (exact) mass is 297 g/mol. The van der Waals surface area contributed by atoms with Crippen molar-refractivity contribution < 1.29 is 13.6 Å². The Bertz CT molecular complexity index is 443. The highest BCUT2D eigenvalue weighted by molar-refractivity contribution is 6.42. The number of hydrogen-bond acceptors (Lipinski definition) is 2. The Balaban J connectivity index is 2.52. The molecule has 100 valence electrons. The molecule has 0 aromatic heterocycles. The van der Waals surface area contributed by atoms with E-state index in [1.807, 2.05) is 5.32 Å². The molecule has 4 N–H and O–H groups in total. The second-order valence-electron chi connectivity index (χ2n) is 3.50. The van der Waals surface area contributed by atoms with E-state index in [1.54, 1.807) is 0 Å². The van der Waals surface area contributed by atoms with Gasteiger partial charge in [-0.15, -0.1) is 0 Å². The van der Waals surface area contributed by atoms with Gasteiger partial charge in [-0.3, -0.25) is 0 Å². The number of alkyl halides is 2. The first kappa shape index (κ1) is 14.9. The Hall–Kier alpha value is -1.11. The summed E-state index contributed by atoms with van der Waals surface area (Å²) >= 11 is 11.4. The minimum atomic E-state index is -3.13. The van der Waals surface area contributed by atoms with Gasteiger partial charge in [0.15, 0.2) is 0 Å². The van der Waals surface area contributed by atoms with E-state index in [1.165, 1.54) is 18.2 Å². The first-order valence-corrected chi connectivity index (χ1v) is 5.67. The van der Waals surface area contributed by atoms with E-state index >= 15 is 0 Å². The van der Waals surface area contributed by atoms with E-state index in [0.717, 1.165) is 0 Å². The van der Waals surface area contributed by atoms with Crippen molar-refractivity contribution in [3.63, 3.8) is 0 Å². The van der Waals surface area contributed by atoms with Crippen molar-refractivity contribution in [3.8, 4) is 0 Å².